The summed E-state index contributed by atoms with van der Waals surface area (Å²) in [5.74, 6) is 0.920. The molecule has 0 bridgehead atoms. The standard InChI is InChI=1S/C16H19N/c1-12-8-16(9-12)17-11-13-6-7-14-4-2-3-5-15(14)10-13/h2-7,10,12,16-17H,8-9,11H2,1H3. The van der Waals surface area contributed by atoms with E-state index in [-0.39, 0.29) is 0 Å². The molecule has 1 saturated carbocycles. The molecule has 0 aliphatic heterocycles. The molecule has 0 amide bonds. The van der Waals surface area contributed by atoms with E-state index in [2.05, 4.69) is 54.7 Å². The normalized spacial score (nSPS) is 23.6. The minimum atomic E-state index is 0.747. The van der Waals surface area contributed by atoms with Crippen LogP contribution >= 0.6 is 0 Å². The zero-order valence-electron chi connectivity index (χ0n) is 10.3. The number of fused-ring (bicyclic) bond motifs is 1. The SMILES string of the molecule is CC1CC(NCc2ccc3ccccc3c2)C1. The molecule has 0 unspecified atom stereocenters. The van der Waals surface area contributed by atoms with E-state index in [1.165, 1.54) is 29.2 Å². The summed E-state index contributed by atoms with van der Waals surface area (Å²) in [7, 11) is 0. The lowest BCUT2D eigenvalue weighted by atomic mass is 9.82. The Kier molecular flexibility index (Phi) is 2.86. The Balaban J connectivity index is 1.68. The predicted octanol–water partition coefficient (Wildman–Crippen LogP) is 3.73. The smallest absolute Gasteiger partial charge is 0.0208 e. The fraction of sp³-hybridized carbons (Fsp3) is 0.375. The van der Waals surface area contributed by atoms with Gasteiger partial charge in [0.1, 0.15) is 0 Å². The summed E-state index contributed by atoms with van der Waals surface area (Å²) in [6.45, 7) is 3.33. The van der Waals surface area contributed by atoms with Gasteiger partial charge in [-0.05, 0) is 41.2 Å². The van der Waals surface area contributed by atoms with Gasteiger partial charge >= 0.3 is 0 Å². The molecule has 2 aromatic carbocycles. The third kappa shape index (κ3) is 2.34. The highest BCUT2D eigenvalue weighted by molar-refractivity contribution is 5.82. The molecule has 1 nitrogen and oxygen atoms in total. The summed E-state index contributed by atoms with van der Waals surface area (Å²) in [6.07, 6.45) is 2.68. The fourth-order valence-corrected chi connectivity index (χ4v) is 2.68. The van der Waals surface area contributed by atoms with Crippen molar-refractivity contribution in [3.63, 3.8) is 0 Å². The number of hydrogen-bond donors (Lipinski definition) is 1. The fourth-order valence-electron chi connectivity index (χ4n) is 2.68. The first-order valence-electron chi connectivity index (χ1n) is 6.52. The Hall–Kier alpha value is -1.34. The summed E-state index contributed by atoms with van der Waals surface area (Å²) in [4.78, 5) is 0. The third-order valence-corrected chi connectivity index (χ3v) is 3.78. The quantitative estimate of drug-likeness (QED) is 0.839. The molecule has 1 N–H and O–H groups in total. The van der Waals surface area contributed by atoms with Gasteiger partial charge in [-0.1, -0.05) is 43.3 Å². The number of hydrogen-bond acceptors (Lipinski definition) is 1. The maximum Gasteiger partial charge on any atom is 0.0208 e. The van der Waals surface area contributed by atoms with Crippen LogP contribution in [0.3, 0.4) is 0 Å². The molecule has 0 atom stereocenters. The lowest BCUT2D eigenvalue weighted by molar-refractivity contribution is 0.240. The van der Waals surface area contributed by atoms with Gasteiger partial charge in [-0.15, -0.1) is 0 Å². The highest BCUT2D eigenvalue weighted by Gasteiger charge is 2.24. The first kappa shape index (κ1) is 10.8. The van der Waals surface area contributed by atoms with E-state index in [9.17, 15) is 0 Å². The maximum atomic E-state index is 3.63. The monoisotopic (exact) mass is 225 g/mol. The van der Waals surface area contributed by atoms with Gasteiger partial charge < -0.3 is 5.32 Å². The van der Waals surface area contributed by atoms with E-state index >= 15 is 0 Å². The van der Waals surface area contributed by atoms with Crippen molar-refractivity contribution in [2.24, 2.45) is 5.92 Å². The van der Waals surface area contributed by atoms with Crippen molar-refractivity contribution in [2.75, 3.05) is 0 Å². The first-order valence-corrected chi connectivity index (χ1v) is 6.52. The Morgan fingerprint density at radius 2 is 1.82 bits per heavy atom. The number of benzene rings is 2. The summed E-state index contributed by atoms with van der Waals surface area (Å²) in [5.41, 5.74) is 1.39. The van der Waals surface area contributed by atoms with Gasteiger partial charge in [-0.25, -0.2) is 0 Å². The Labute approximate surface area is 103 Å². The van der Waals surface area contributed by atoms with Crippen LogP contribution in [0.4, 0.5) is 0 Å². The highest BCUT2D eigenvalue weighted by Crippen LogP contribution is 2.26. The van der Waals surface area contributed by atoms with Crippen molar-refractivity contribution >= 4 is 10.8 Å². The molecular weight excluding hydrogens is 206 g/mol. The van der Waals surface area contributed by atoms with E-state index in [0.717, 1.165) is 18.5 Å². The average Bonchev–Trinajstić information content (AvgIpc) is 2.33. The average molecular weight is 225 g/mol. The van der Waals surface area contributed by atoms with Crippen LogP contribution in [-0.2, 0) is 6.54 Å². The van der Waals surface area contributed by atoms with Gasteiger partial charge in [0.15, 0.2) is 0 Å². The van der Waals surface area contributed by atoms with Crippen molar-refractivity contribution in [3.05, 3.63) is 48.0 Å². The maximum absolute atomic E-state index is 3.63. The minimum Gasteiger partial charge on any atom is -0.310 e. The zero-order valence-corrected chi connectivity index (χ0v) is 10.3. The first-order chi connectivity index (χ1) is 8.31. The van der Waals surface area contributed by atoms with Gasteiger partial charge in [0.05, 0.1) is 0 Å². The Morgan fingerprint density at radius 1 is 1.06 bits per heavy atom. The second-order valence-electron chi connectivity index (χ2n) is 5.34. The van der Waals surface area contributed by atoms with Crippen LogP contribution in [0.1, 0.15) is 25.3 Å². The molecular formula is C16H19N. The van der Waals surface area contributed by atoms with Crippen LogP contribution in [-0.4, -0.2) is 6.04 Å². The lowest BCUT2D eigenvalue weighted by Gasteiger charge is -2.33. The summed E-state index contributed by atoms with van der Waals surface area (Å²) in [5, 5.41) is 6.30. The summed E-state index contributed by atoms with van der Waals surface area (Å²) in [6, 6.07) is 16.0. The molecule has 3 rings (SSSR count). The Morgan fingerprint density at radius 3 is 2.59 bits per heavy atom. The van der Waals surface area contributed by atoms with E-state index in [1.807, 2.05) is 0 Å². The molecule has 17 heavy (non-hydrogen) atoms. The van der Waals surface area contributed by atoms with E-state index < -0.39 is 0 Å². The molecule has 1 aliphatic rings. The molecule has 1 aliphatic carbocycles. The number of nitrogens with one attached hydrogen (secondary N) is 1. The van der Waals surface area contributed by atoms with Crippen LogP contribution in [0, 0.1) is 5.92 Å². The molecule has 2 aromatic rings. The highest BCUT2D eigenvalue weighted by atomic mass is 14.9. The topological polar surface area (TPSA) is 12.0 Å². The summed E-state index contributed by atoms with van der Waals surface area (Å²) < 4.78 is 0. The van der Waals surface area contributed by atoms with Crippen molar-refractivity contribution in [3.8, 4) is 0 Å². The van der Waals surface area contributed by atoms with Crippen LogP contribution in [0.5, 0.6) is 0 Å². The van der Waals surface area contributed by atoms with Crippen LogP contribution in [0.15, 0.2) is 42.5 Å². The Bertz CT molecular complexity index is 512. The van der Waals surface area contributed by atoms with Gasteiger partial charge in [0, 0.05) is 12.6 Å². The van der Waals surface area contributed by atoms with Gasteiger partial charge in [-0.2, -0.15) is 0 Å². The van der Waals surface area contributed by atoms with Crippen molar-refractivity contribution in [2.45, 2.75) is 32.4 Å². The van der Waals surface area contributed by atoms with Crippen molar-refractivity contribution in [1.29, 1.82) is 0 Å². The van der Waals surface area contributed by atoms with Crippen molar-refractivity contribution < 1.29 is 0 Å². The zero-order chi connectivity index (χ0) is 11.7. The largest absolute Gasteiger partial charge is 0.310 e. The van der Waals surface area contributed by atoms with E-state index in [4.69, 9.17) is 0 Å². The molecule has 1 fully saturated rings. The summed E-state index contributed by atoms with van der Waals surface area (Å²) >= 11 is 0. The van der Waals surface area contributed by atoms with E-state index in [0.29, 0.717) is 0 Å². The molecule has 0 radical (unpaired) electrons. The molecule has 0 aromatic heterocycles. The second-order valence-corrected chi connectivity index (χ2v) is 5.34. The third-order valence-electron chi connectivity index (χ3n) is 3.78. The predicted molar refractivity (Wildman–Crippen MR) is 73.0 cm³/mol. The molecule has 0 heterocycles. The van der Waals surface area contributed by atoms with Crippen LogP contribution in [0.25, 0.3) is 10.8 Å². The van der Waals surface area contributed by atoms with Crippen LogP contribution in [0.2, 0.25) is 0 Å². The van der Waals surface area contributed by atoms with Crippen LogP contribution < -0.4 is 5.32 Å². The van der Waals surface area contributed by atoms with E-state index in [1.54, 1.807) is 0 Å². The van der Waals surface area contributed by atoms with Gasteiger partial charge in [-0.3, -0.25) is 0 Å². The number of rotatable bonds is 3. The molecule has 1 heteroatoms. The minimum absolute atomic E-state index is 0.747. The lowest BCUT2D eigenvalue weighted by Crippen LogP contribution is -2.39. The molecule has 88 valence electrons. The molecule has 0 spiro atoms. The second kappa shape index (κ2) is 4.50. The van der Waals surface area contributed by atoms with Gasteiger partial charge in [0.25, 0.3) is 0 Å². The van der Waals surface area contributed by atoms with Gasteiger partial charge in [0.2, 0.25) is 0 Å². The van der Waals surface area contributed by atoms with Crippen molar-refractivity contribution in [1.82, 2.24) is 5.32 Å². The molecule has 0 saturated heterocycles.